The predicted molar refractivity (Wildman–Crippen MR) is 105 cm³/mol. The highest BCUT2D eigenvalue weighted by molar-refractivity contribution is 8.00. The molecule has 1 aliphatic heterocycles. The molecule has 1 unspecified atom stereocenters. The van der Waals surface area contributed by atoms with E-state index in [1.54, 1.807) is 48.5 Å². The standard InChI is InChI=1S/C19H17ClN2O5S/c1-26-17(24)10-27-15-9-5-3-7-13(15)19-22(16(23)11-28-19)21-18(25)12-6-2-4-8-14(12)20/h2-9,19H,10-11H2,1H3,(H,21,25). The molecular formula is C19H17ClN2O5S. The molecule has 1 atom stereocenters. The van der Waals surface area contributed by atoms with Gasteiger partial charge < -0.3 is 9.47 Å². The largest absolute Gasteiger partial charge is 0.482 e. The van der Waals surface area contributed by atoms with Gasteiger partial charge in [0.2, 0.25) is 0 Å². The van der Waals surface area contributed by atoms with Crippen LogP contribution < -0.4 is 10.2 Å². The van der Waals surface area contributed by atoms with Crippen LogP contribution in [0.5, 0.6) is 5.75 Å². The molecule has 2 aromatic rings. The van der Waals surface area contributed by atoms with Crippen LogP contribution in [0.25, 0.3) is 0 Å². The fourth-order valence-corrected chi connectivity index (χ4v) is 3.96. The summed E-state index contributed by atoms with van der Waals surface area (Å²) in [6.07, 6.45) is 0. The maximum atomic E-state index is 12.6. The van der Waals surface area contributed by atoms with Crippen LogP contribution in [0.1, 0.15) is 21.3 Å². The van der Waals surface area contributed by atoms with E-state index < -0.39 is 17.3 Å². The van der Waals surface area contributed by atoms with E-state index in [0.717, 1.165) is 0 Å². The van der Waals surface area contributed by atoms with E-state index in [4.69, 9.17) is 16.3 Å². The van der Waals surface area contributed by atoms with Gasteiger partial charge in [-0.15, -0.1) is 11.8 Å². The average molecular weight is 421 g/mol. The second-order valence-corrected chi connectivity index (χ2v) is 7.23. The molecule has 3 rings (SSSR count). The van der Waals surface area contributed by atoms with Gasteiger partial charge in [0.05, 0.1) is 23.4 Å². The number of para-hydroxylation sites is 1. The van der Waals surface area contributed by atoms with E-state index in [1.165, 1.54) is 23.9 Å². The molecule has 9 heteroatoms. The highest BCUT2D eigenvalue weighted by Gasteiger charge is 2.36. The van der Waals surface area contributed by atoms with Gasteiger partial charge in [0.25, 0.3) is 11.8 Å². The minimum Gasteiger partial charge on any atom is -0.482 e. The monoisotopic (exact) mass is 420 g/mol. The molecular weight excluding hydrogens is 404 g/mol. The number of ether oxygens (including phenoxy) is 2. The van der Waals surface area contributed by atoms with E-state index >= 15 is 0 Å². The van der Waals surface area contributed by atoms with Crippen molar-refractivity contribution < 1.29 is 23.9 Å². The first kappa shape index (κ1) is 20.0. The first-order valence-electron chi connectivity index (χ1n) is 8.29. The molecule has 0 aliphatic carbocycles. The molecule has 1 saturated heterocycles. The first-order chi connectivity index (χ1) is 13.5. The van der Waals surface area contributed by atoms with E-state index in [0.29, 0.717) is 11.3 Å². The SMILES string of the molecule is COC(=O)COc1ccccc1C1SCC(=O)N1NC(=O)c1ccccc1Cl. The molecule has 1 fully saturated rings. The van der Waals surface area contributed by atoms with Gasteiger partial charge in [0.15, 0.2) is 6.61 Å². The lowest BCUT2D eigenvalue weighted by Gasteiger charge is -2.26. The highest BCUT2D eigenvalue weighted by Crippen LogP contribution is 2.41. The molecule has 0 radical (unpaired) electrons. The van der Waals surface area contributed by atoms with Crippen LogP contribution in [-0.4, -0.2) is 42.3 Å². The number of amides is 2. The molecule has 1 N–H and O–H groups in total. The number of nitrogens with zero attached hydrogens (tertiary/aromatic N) is 1. The normalized spacial score (nSPS) is 16.0. The van der Waals surface area contributed by atoms with Crippen LogP contribution in [0.4, 0.5) is 0 Å². The van der Waals surface area contributed by atoms with Gasteiger partial charge in [-0.3, -0.25) is 15.0 Å². The van der Waals surface area contributed by atoms with Crippen LogP contribution in [0.3, 0.4) is 0 Å². The fraction of sp³-hybridized carbons (Fsp3) is 0.211. The number of thioether (sulfide) groups is 1. The Labute approximate surface area is 170 Å². The van der Waals surface area contributed by atoms with Gasteiger partial charge in [-0.05, 0) is 18.2 Å². The Hall–Kier alpha value is -2.71. The number of rotatable bonds is 6. The van der Waals surface area contributed by atoms with Gasteiger partial charge in [-0.1, -0.05) is 41.9 Å². The predicted octanol–water partition coefficient (Wildman–Crippen LogP) is 2.81. The third-order valence-corrected chi connectivity index (χ3v) is 5.49. The van der Waals surface area contributed by atoms with Crippen molar-refractivity contribution in [3.63, 3.8) is 0 Å². The second-order valence-electron chi connectivity index (χ2n) is 5.75. The Bertz CT molecular complexity index is 907. The van der Waals surface area contributed by atoms with Gasteiger partial charge in [-0.2, -0.15) is 0 Å². The summed E-state index contributed by atoms with van der Waals surface area (Å²) in [5, 5.41) is 1.04. The summed E-state index contributed by atoms with van der Waals surface area (Å²) in [7, 11) is 1.27. The van der Waals surface area contributed by atoms with Crippen LogP contribution in [0.15, 0.2) is 48.5 Å². The molecule has 0 spiro atoms. The summed E-state index contributed by atoms with van der Waals surface area (Å²) in [5.74, 6) is -0.637. The molecule has 28 heavy (non-hydrogen) atoms. The molecule has 146 valence electrons. The lowest BCUT2D eigenvalue weighted by Crippen LogP contribution is -2.44. The Morgan fingerprint density at radius 1 is 1.21 bits per heavy atom. The van der Waals surface area contributed by atoms with Crippen LogP contribution in [0, 0.1) is 0 Å². The number of hydrogen-bond donors (Lipinski definition) is 1. The van der Waals surface area contributed by atoms with Crippen molar-refractivity contribution in [1.29, 1.82) is 0 Å². The topological polar surface area (TPSA) is 84.9 Å². The summed E-state index contributed by atoms with van der Waals surface area (Å²) in [6.45, 7) is -0.259. The van der Waals surface area contributed by atoms with Crippen LogP contribution in [0.2, 0.25) is 5.02 Å². The quantitative estimate of drug-likeness (QED) is 0.723. The van der Waals surface area contributed by atoms with E-state index in [1.807, 2.05) is 0 Å². The van der Waals surface area contributed by atoms with Crippen molar-refractivity contribution in [1.82, 2.24) is 10.4 Å². The molecule has 2 amide bonds. The average Bonchev–Trinajstić information content (AvgIpc) is 3.06. The number of benzene rings is 2. The minimum absolute atomic E-state index is 0.193. The van der Waals surface area contributed by atoms with E-state index in [-0.39, 0.29) is 28.9 Å². The van der Waals surface area contributed by atoms with Gasteiger partial charge in [0.1, 0.15) is 11.1 Å². The Balaban J connectivity index is 1.82. The number of esters is 1. The first-order valence-corrected chi connectivity index (χ1v) is 9.71. The maximum Gasteiger partial charge on any atom is 0.343 e. The zero-order chi connectivity index (χ0) is 20.1. The number of nitrogens with one attached hydrogen (secondary N) is 1. The summed E-state index contributed by atoms with van der Waals surface area (Å²) in [5.41, 5.74) is 3.55. The lowest BCUT2D eigenvalue weighted by molar-refractivity contribution is -0.143. The number of carbonyl (C=O) groups excluding carboxylic acids is 3. The number of methoxy groups -OCH3 is 1. The number of carbonyl (C=O) groups is 3. The second kappa shape index (κ2) is 8.99. The van der Waals surface area contributed by atoms with Crippen molar-refractivity contribution in [3.8, 4) is 5.75 Å². The lowest BCUT2D eigenvalue weighted by atomic mass is 10.2. The summed E-state index contributed by atoms with van der Waals surface area (Å²) >= 11 is 7.41. The van der Waals surface area contributed by atoms with Crippen molar-refractivity contribution in [2.75, 3.05) is 19.5 Å². The van der Waals surface area contributed by atoms with E-state index in [2.05, 4.69) is 10.2 Å². The molecule has 1 heterocycles. The zero-order valence-electron chi connectivity index (χ0n) is 14.9. The number of hydrazine groups is 1. The highest BCUT2D eigenvalue weighted by atomic mass is 35.5. The number of halogens is 1. The fourth-order valence-electron chi connectivity index (χ4n) is 2.60. The van der Waals surface area contributed by atoms with Crippen LogP contribution in [-0.2, 0) is 14.3 Å². The minimum atomic E-state index is -0.520. The molecule has 0 aromatic heterocycles. The number of hydrogen-bond acceptors (Lipinski definition) is 6. The van der Waals surface area contributed by atoms with Crippen LogP contribution >= 0.6 is 23.4 Å². The van der Waals surface area contributed by atoms with Crippen molar-refractivity contribution >= 4 is 41.1 Å². The third-order valence-electron chi connectivity index (χ3n) is 3.97. The van der Waals surface area contributed by atoms with Crippen molar-refractivity contribution in [2.45, 2.75) is 5.37 Å². The summed E-state index contributed by atoms with van der Waals surface area (Å²) in [6, 6.07) is 13.6. The molecule has 0 saturated carbocycles. The molecule has 2 aromatic carbocycles. The van der Waals surface area contributed by atoms with Gasteiger partial charge >= 0.3 is 5.97 Å². The summed E-state index contributed by atoms with van der Waals surface area (Å²) in [4.78, 5) is 36.3. The van der Waals surface area contributed by atoms with Crippen molar-refractivity contribution in [3.05, 3.63) is 64.7 Å². The maximum absolute atomic E-state index is 12.6. The smallest absolute Gasteiger partial charge is 0.343 e. The van der Waals surface area contributed by atoms with Gasteiger partial charge in [-0.25, -0.2) is 9.80 Å². The third kappa shape index (κ3) is 4.40. The molecule has 7 nitrogen and oxygen atoms in total. The van der Waals surface area contributed by atoms with Crippen molar-refractivity contribution in [2.24, 2.45) is 0 Å². The molecule has 0 bridgehead atoms. The Kier molecular flexibility index (Phi) is 6.43. The zero-order valence-corrected chi connectivity index (χ0v) is 16.5. The Morgan fingerprint density at radius 3 is 2.68 bits per heavy atom. The molecule has 1 aliphatic rings. The van der Waals surface area contributed by atoms with Gasteiger partial charge in [0, 0.05) is 5.56 Å². The summed E-state index contributed by atoms with van der Waals surface area (Å²) < 4.78 is 10.1. The van der Waals surface area contributed by atoms with E-state index in [9.17, 15) is 14.4 Å². The Morgan fingerprint density at radius 2 is 1.93 bits per heavy atom.